The van der Waals surface area contributed by atoms with Gasteiger partial charge in [0, 0.05) is 12.2 Å². The lowest BCUT2D eigenvalue weighted by Crippen LogP contribution is -2.17. The number of hydrogen-bond acceptors (Lipinski definition) is 3. The summed E-state index contributed by atoms with van der Waals surface area (Å²) >= 11 is 0. The van der Waals surface area contributed by atoms with Gasteiger partial charge in [0.15, 0.2) is 5.75 Å². The fourth-order valence-electron chi connectivity index (χ4n) is 2.15. The summed E-state index contributed by atoms with van der Waals surface area (Å²) in [5.41, 5.74) is 8.26. The third kappa shape index (κ3) is 1.47. The number of para-hydroxylation sites is 1. The summed E-state index contributed by atoms with van der Waals surface area (Å²) in [4.78, 5) is 0. The minimum Gasteiger partial charge on any atom is -0.437 e. The summed E-state index contributed by atoms with van der Waals surface area (Å²) in [7, 11) is -2.82. The Morgan fingerprint density at radius 2 is 1.76 bits per heavy atom. The largest absolute Gasteiger partial charge is 0.437 e. The van der Waals surface area contributed by atoms with Crippen LogP contribution in [0.1, 0.15) is 0 Å². The third-order valence-electron chi connectivity index (χ3n) is 2.94. The fourth-order valence-corrected chi connectivity index (χ4v) is 3.79. The van der Waals surface area contributed by atoms with Crippen molar-refractivity contribution in [2.75, 3.05) is 12.4 Å². The number of nitrogens with two attached hydrogens (primary N) is 1. The number of benzene rings is 2. The van der Waals surface area contributed by atoms with Gasteiger partial charge in [-0.15, -0.1) is 0 Å². The summed E-state index contributed by atoms with van der Waals surface area (Å²) in [6, 6.07) is 13.2. The van der Waals surface area contributed by atoms with E-state index in [1.807, 2.05) is 36.4 Å². The lowest BCUT2D eigenvalue weighted by Gasteiger charge is -2.26. The van der Waals surface area contributed by atoms with Crippen molar-refractivity contribution in [1.82, 2.24) is 0 Å². The summed E-state index contributed by atoms with van der Waals surface area (Å²) < 4.78 is 18.1. The molecule has 1 aliphatic heterocycles. The average molecular weight is 245 g/mol. The Kier molecular flexibility index (Phi) is 2.07. The van der Waals surface area contributed by atoms with Gasteiger partial charge in [0.1, 0.15) is 0 Å². The number of rotatable bonds is 0. The van der Waals surface area contributed by atoms with Crippen molar-refractivity contribution in [2.24, 2.45) is 0 Å². The van der Waals surface area contributed by atoms with Gasteiger partial charge in [-0.3, -0.25) is 4.57 Å². The van der Waals surface area contributed by atoms with Gasteiger partial charge in [-0.25, -0.2) is 0 Å². The van der Waals surface area contributed by atoms with E-state index < -0.39 is 7.37 Å². The van der Waals surface area contributed by atoms with Gasteiger partial charge in [0.2, 0.25) is 0 Å². The highest BCUT2D eigenvalue weighted by Gasteiger charge is 2.32. The lowest BCUT2D eigenvalue weighted by molar-refractivity contribution is 0.498. The van der Waals surface area contributed by atoms with E-state index in [9.17, 15) is 4.57 Å². The van der Waals surface area contributed by atoms with Gasteiger partial charge >= 0.3 is 0 Å². The average Bonchev–Trinajstić information content (AvgIpc) is 2.31. The zero-order valence-corrected chi connectivity index (χ0v) is 10.3. The standard InChI is InChI=1S/C13H12NO2P/c1-17(15)12-8-3-2-5-9(12)10-6-4-7-11(14)13(10)16-17/h2-8H,14H2,1H3. The van der Waals surface area contributed by atoms with E-state index in [4.69, 9.17) is 10.3 Å². The lowest BCUT2D eigenvalue weighted by atomic mass is 10.0. The van der Waals surface area contributed by atoms with Crippen LogP contribution in [0.25, 0.3) is 11.1 Å². The summed E-state index contributed by atoms with van der Waals surface area (Å²) in [6.07, 6.45) is 0. The van der Waals surface area contributed by atoms with Crippen molar-refractivity contribution in [3.8, 4) is 16.9 Å². The SMILES string of the molecule is CP1(=O)Oc2c(N)cccc2-c2ccccc21. The van der Waals surface area contributed by atoms with E-state index in [1.165, 1.54) is 0 Å². The topological polar surface area (TPSA) is 52.3 Å². The van der Waals surface area contributed by atoms with Crippen LogP contribution < -0.4 is 15.6 Å². The first-order valence-corrected chi connectivity index (χ1v) is 7.42. The number of nitrogen functional groups attached to an aromatic ring is 1. The number of hydrogen-bond donors (Lipinski definition) is 1. The Bertz CT molecular complexity index is 652. The van der Waals surface area contributed by atoms with Crippen molar-refractivity contribution in [3.63, 3.8) is 0 Å². The minimum atomic E-state index is -2.82. The molecule has 2 aromatic rings. The molecule has 0 saturated heterocycles. The second kappa shape index (κ2) is 3.38. The van der Waals surface area contributed by atoms with E-state index in [0.717, 1.165) is 16.4 Å². The van der Waals surface area contributed by atoms with Crippen LogP contribution in [0.5, 0.6) is 5.75 Å². The molecule has 0 radical (unpaired) electrons. The summed E-state index contributed by atoms with van der Waals surface area (Å²) in [6.45, 7) is 1.63. The highest BCUT2D eigenvalue weighted by Crippen LogP contribution is 2.53. The Labute approximate surface area is 99.7 Å². The Morgan fingerprint density at radius 1 is 1.06 bits per heavy atom. The van der Waals surface area contributed by atoms with E-state index in [1.54, 1.807) is 12.7 Å². The quantitative estimate of drug-likeness (QED) is 0.573. The van der Waals surface area contributed by atoms with Crippen molar-refractivity contribution in [1.29, 1.82) is 0 Å². The third-order valence-corrected chi connectivity index (χ3v) is 4.74. The Hall–Kier alpha value is -1.73. The van der Waals surface area contributed by atoms with Gasteiger partial charge in [-0.1, -0.05) is 30.3 Å². The van der Waals surface area contributed by atoms with Crippen molar-refractivity contribution in [2.45, 2.75) is 0 Å². The molecule has 86 valence electrons. The van der Waals surface area contributed by atoms with E-state index in [2.05, 4.69) is 0 Å². The van der Waals surface area contributed by atoms with Gasteiger partial charge in [0.05, 0.1) is 11.0 Å². The molecule has 1 unspecified atom stereocenters. The zero-order chi connectivity index (χ0) is 12.0. The molecule has 0 spiro atoms. The summed E-state index contributed by atoms with van der Waals surface area (Å²) in [5, 5.41) is 0.762. The molecule has 1 atom stereocenters. The molecular formula is C13H12NO2P. The molecular weight excluding hydrogens is 233 g/mol. The number of fused-ring (bicyclic) bond motifs is 3. The smallest absolute Gasteiger partial charge is 0.274 e. The van der Waals surface area contributed by atoms with Crippen LogP contribution in [0.3, 0.4) is 0 Å². The molecule has 3 rings (SSSR count). The van der Waals surface area contributed by atoms with Gasteiger partial charge in [-0.05, 0) is 17.7 Å². The monoisotopic (exact) mass is 245 g/mol. The molecule has 4 heteroatoms. The molecule has 1 heterocycles. The van der Waals surface area contributed by atoms with Crippen LogP contribution in [-0.2, 0) is 4.57 Å². The molecule has 0 bridgehead atoms. The van der Waals surface area contributed by atoms with Crippen molar-refractivity contribution < 1.29 is 9.09 Å². The number of anilines is 1. The molecule has 2 N–H and O–H groups in total. The van der Waals surface area contributed by atoms with E-state index in [0.29, 0.717) is 11.4 Å². The molecule has 3 nitrogen and oxygen atoms in total. The second-order valence-corrected chi connectivity index (χ2v) is 6.53. The first-order chi connectivity index (χ1) is 8.09. The molecule has 1 aliphatic rings. The Morgan fingerprint density at radius 3 is 2.59 bits per heavy atom. The van der Waals surface area contributed by atoms with Crippen LogP contribution in [0.15, 0.2) is 42.5 Å². The van der Waals surface area contributed by atoms with E-state index >= 15 is 0 Å². The first kappa shape index (κ1) is 10.4. The van der Waals surface area contributed by atoms with Crippen LogP contribution in [0.2, 0.25) is 0 Å². The second-order valence-electron chi connectivity index (χ2n) is 4.18. The molecule has 0 amide bonds. The molecule has 2 aromatic carbocycles. The molecule has 0 aromatic heterocycles. The summed E-state index contributed by atoms with van der Waals surface area (Å²) in [5.74, 6) is 0.539. The van der Waals surface area contributed by atoms with Crippen LogP contribution in [0, 0.1) is 0 Å². The van der Waals surface area contributed by atoms with Crippen LogP contribution in [0.4, 0.5) is 5.69 Å². The maximum absolute atomic E-state index is 12.5. The fraction of sp³-hybridized carbons (Fsp3) is 0.0769. The maximum Gasteiger partial charge on any atom is 0.274 e. The van der Waals surface area contributed by atoms with Crippen LogP contribution >= 0.6 is 7.37 Å². The molecule has 0 saturated carbocycles. The van der Waals surface area contributed by atoms with Gasteiger partial charge in [-0.2, -0.15) is 0 Å². The molecule has 0 fully saturated rings. The molecule has 17 heavy (non-hydrogen) atoms. The highest BCUT2D eigenvalue weighted by atomic mass is 31.2. The molecule has 0 aliphatic carbocycles. The minimum absolute atomic E-state index is 0.527. The zero-order valence-electron chi connectivity index (χ0n) is 9.38. The van der Waals surface area contributed by atoms with Crippen molar-refractivity contribution >= 4 is 18.4 Å². The highest BCUT2D eigenvalue weighted by molar-refractivity contribution is 7.67. The maximum atomic E-state index is 12.5. The first-order valence-electron chi connectivity index (χ1n) is 5.35. The Balaban J connectivity index is 2.40. The van der Waals surface area contributed by atoms with Crippen LogP contribution in [-0.4, -0.2) is 6.66 Å². The van der Waals surface area contributed by atoms with E-state index in [-0.39, 0.29) is 0 Å². The van der Waals surface area contributed by atoms with Gasteiger partial charge < -0.3 is 10.3 Å². The predicted molar refractivity (Wildman–Crippen MR) is 70.1 cm³/mol. The van der Waals surface area contributed by atoms with Crippen molar-refractivity contribution in [3.05, 3.63) is 42.5 Å². The van der Waals surface area contributed by atoms with Gasteiger partial charge in [0.25, 0.3) is 7.37 Å². The predicted octanol–water partition coefficient (Wildman–Crippen LogP) is 2.86. The normalized spacial score (nSPS) is 21.2.